The van der Waals surface area contributed by atoms with Crippen LogP contribution in [0.25, 0.3) is 0 Å². The van der Waals surface area contributed by atoms with E-state index in [1.54, 1.807) is 4.68 Å². The maximum absolute atomic E-state index is 11.6. The van der Waals surface area contributed by atoms with Gasteiger partial charge in [-0.25, -0.2) is 0 Å². The number of aliphatic carboxylic acids is 1. The van der Waals surface area contributed by atoms with Crippen molar-refractivity contribution in [2.75, 3.05) is 0 Å². The molecule has 0 saturated carbocycles. The standard InChI is InChI=1S/C23H37N3O3Si/c1-8-26-15-20(24-25-26)11-10-18(14-22(27)28)21-12-9-17(2)13-19(21)16-29-30(6,7)23(3,4)5/h9,12-13,15,18H,8,10-11,14,16H2,1-7H3,(H,27,28). The Morgan fingerprint density at radius 1 is 1.30 bits per heavy atom. The summed E-state index contributed by atoms with van der Waals surface area (Å²) in [4.78, 5) is 11.6. The van der Waals surface area contributed by atoms with Gasteiger partial charge in [0.2, 0.25) is 0 Å². The second kappa shape index (κ2) is 9.88. The highest BCUT2D eigenvalue weighted by Gasteiger charge is 2.37. The number of carbonyl (C=O) groups is 1. The molecule has 0 spiro atoms. The van der Waals surface area contributed by atoms with Gasteiger partial charge >= 0.3 is 5.97 Å². The van der Waals surface area contributed by atoms with Crippen molar-refractivity contribution < 1.29 is 14.3 Å². The van der Waals surface area contributed by atoms with Crippen molar-refractivity contribution in [1.29, 1.82) is 0 Å². The highest BCUT2D eigenvalue weighted by Crippen LogP contribution is 2.38. The summed E-state index contributed by atoms with van der Waals surface area (Å²) >= 11 is 0. The second-order valence-corrected chi connectivity index (χ2v) is 14.5. The summed E-state index contributed by atoms with van der Waals surface area (Å²) in [5.41, 5.74) is 4.24. The number of benzene rings is 1. The number of aromatic nitrogens is 3. The molecule has 0 radical (unpaired) electrons. The van der Waals surface area contributed by atoms with Crippen LogP contribution in [-0.2, 0) is 28.8 Å². The van der Waals surface area contributed by atoms with E-state index in [0.717, 1.165) is 28.9 Å². The Hall–Kier alpha value is -1.99. The fourth-order valence-corrected chi connectivity index (χ4v) is 4.19. The molecule has 0 aliphatic heterocycles. The van der Waals surface area contributed by atoms with Gasteiger partial charge in [-0.2, -0.15) is 0 Å². The van der Waals surface area contributed by atoms with Crippen molar-refractivity contribution in [3.63, 3.8) is 0 Å². The molecule has 1 aromatic carbocycles. The van der Waals surface area contributed by atoms with Crippen LogP contribution in [0.15, 0.2) is 24.4 Å². The largest absolute Gasteiger partial charge is 0.481 e. The molecule has 2 aromatic rings. The SMILES string of the molecule is CCn1cc(CCC(CC(=O)O)c2ccc(C)cc2CO[Si](C)(C)C(C)(C)C)nn1. The van der Waals surface area contributed by atoms with E-state index in [1.807, 2.05) is 13.1 Å². The lowest BCUT2D eigenvalue weighted by Crippen LogP contribution is -2.40. The average Bonchev–Trinajstić information content (AvgIpc) is 3.10. The molecule has 0 aliphatic rings. The van der Waals surface area contributed by atoms with E-state index < -0.39 is 14.3 Å². The molecule has 30 heavy (non-hydrogen) atoms. The van der Waals surface area contributed by atoms with Crippen LogP contribution in [0.1, 0.15) is 68.8 Å². The van der Waals surface area contributed by atoms with Gasteiger partial charge in [0.15, 0.2) is 8.32 Å². The van der Waals surface area contributed by atoms with Gasteiger partial charge in [0.05, 0.1) is 18.7 Å². The maximum Gasteiger partial charge on any atom is 0.303 e. The molecule has 1 aromatic heterocycles. The first-order valence-electron chi connectivity index (χ1n) is 10.8. The van der Waals surface area contributed by atoms with E-state index in [9.17, 15) is 9.90 Å². The number of rotatable bonds is 10. The quantitative estimate of drug-likeness (QED) is 0.515. The zero-order valence-electron chi connectivity index (χ0n) is 19.5. The van der Waals surface area contributed by atoms with Gasteiger partial charge in [-0.1, -0.05) is 49.7 Å². The Kier molecular flexibility index (Phi) is 7.99. The Morgan fingerprint density at radius 3 is 2.57 bits per heavy atom. The Labute approximate surface area is 181 Å². The molecule has 2 rings (SSSR count). The Bertz CT molecular complexity index is 856. The van der Waals surface area contributed by atoms with Gasteiger partial charge in [-0.3, -0.25) is 9.48 Å². The fourth-order valence-electron chi connectivity index (χ4n) is 3.24. The predicted octanol–water partition coefficient (Wildman–Crippen LogP) is 5.32. The van der Waals surface area contributed by atoms with Crippen molar-refractivity contribution in [3.05, 3.63) is 46.8 Å². The third-order valence-corrected chi connectivity index (χ3v) is 10.7. The molecule has 1 N–H and O–H groups in total. The number of carboxylic acid groups (broad SMARTS) is 1. The van der Waals surface area contributed by atoms with E-state index in [0.29, 0.717) is 19.4 Å². The van der Waals surface area contributed by atoms with E-state index in [1.165, 1.54) is 0 Å². The highest BCUT2D eigenvalue weighted by atomic mass is 28.4. The minimum Gasteiger partial charge on any atom is -0.481 e. The molecule has 166 valence electrons. The lowest BCUT2D eigenvalue weighted by molar-refractivity contribution is -0.137. The number of nitrogens with zero attached hydrogens (tertiary/aromatic N) is 3. The van der Waals surface area contributed by atoms with Crippen LogP contribution in [0.2, 0.25) is 18.1 Å². The predicted molar refractivity (Wildman–Crippen MR) is 122 cm³/mol. The van der Waals surface area contributed by atoms with E-state index >= 15 is 0 Å². The molecule has 1 heterocycles. The molecule has 7 heteroatoms. The Morgan fingerprint density at radius 2 is 2.00 bits per heavy atom. The van der Waals surface area contributed by atoms with Gasteiger partial charge in [0.25, 0.3) is 0 Å². The number of carboxylic acids is 1. The minimum absolute atomic E-state index is 0.0899. The lowest BCUT2D eigenvalue weighted by atomic mass is 9.87. The van der Waals surface area contributed by atoms with Gasteiger partial charge in [0.1, 0.15) is 0 Å². The van der Waals surface area contributed by atoms with Crippen LogP contribution < -0.4 is 0 Å². The second-order valence-electron chi connectivity index (χ2n) is 9.65. The summed E-state index contributed by atoms with van der Waals surface area (Å²) in [5, 5.41) is 18.0. The van der Waals surface area contributed by atoms with Crippen LogP contribution in [0.4, 0.5) is 0 Å². The third kappa shape index (κ3) is 6.50. The molecule has 1 atom stereocenters. The molecule has 0 amide bonds. The van der Waals surface area contributed by atoms with E-state index in [4.69, 9.17) is 4.43 Å². The molecule has 1 unspecified atom stereocenters. The van der Waals surface area contributed by atoms with Crippen molar-refractivity contribution >= 4 is 14.3 Å². The van der Waals surface area contributed by atoms with Gasteiger partial charge in [-0.15, -0.1) is 5.10 Å². The molecule has 0 saturated heterocycles. The number of hydrogen-bond donors (Lipinski definition) is 1. The summed E-state index contributed by atoms with van der Waals surface area (Å²) < 4.78 is 8.27. The average molecular weight is 432 g/mol. The van der Waals surface area contributed by atoms with Gasteiger partial charge in [-0.05, 0) is 61.9 Å². The minimum atomic E-state index is -1.90. The van der Waals surface area contributed by atoms with Crippen LogP contribution in [-0.4, -0.2) is 34.4 Å². The molecular formula is C23H37N3O3Si. The molecular weight excluding hydrogens is 394 g/mol. The van der Waals surface area contributed by atoms with E-state index in [2.05, 4.69) is 69.3 Å². The third-order valence-electron chi connectivity index (χ3n) is 6.21. The first kappa shape index (κ1) is 24.3. The Balaban J connectivity index is 2.25. The first-order valence-corrected chi connectivity index (χ1v) is 13.7. The van der Waals surface area contributed by atoms with Gasteiger partial charge < -0.3 is 9.53 Å². The number of aryl methyl sites for hydroxylation is 3. The van der Waals surface area contributed by atoms with Crippen LogP contribution in [0, 0.1) is 6.92 Å². The van der Waals surface area contributed by atoms with Crippen molar-refractivity contribution in [2.45, 2.75) is 91.1 Å². The molecule has 0 bridgehead atoms. The smallest absolute Gasteiger partial charge is 0.303 e. The summed E-state index contributed by atoms with van der Waals surface area (Å²) in [7, 11) is -1.90. The summed E-state index contributed by atoms with van der Waals surface area (Å²) in [6.07, 6.45) is 3.45. The van der Waals surface area contributed by atoms with E-state index in [-0.39, 0.29) is 17.4 Å². The zero-order valence-corrected chi connectivity index (χ0v) is 20.5. The molecule has 0 fully saturated rings. The molecule has 6 nitrogen and oxygen atoms in total. The van der Waals surface area contributed by atoms with Crippen molar-refractivity contribution in [1.82, 2.24) is 15.0 Å². The monoisotopic (exact) mass is 431 g/mol. The summed E-state index contributed by atoms with van der Waals surface area (Å²) in [6.45, 7) is 16.6. The van der Waals surface area contributed by atoms with Crippen LogP contribution in [0.3, 0.4) is 0 Å². The lowest BCUT2D eigenvalue weighted by Gasteiger charge is -2.36. The van der Waals surface area contributed by atoms with Crippen LogP contribution >= 0.6 is 0 Å². The van der Waals surface area contributed by atoms with Crippen molar-refractivity contribution in [2.24, 2.45) is 0 Å². The molecule has 0 aliphatic carbocycles. The number of hydrogen-bond acceptors (Lipinski definition) is 4. The normalized spacial score (nSPS) is 13.4. The van der Waals surface area contributed by atoms with Crippen molar-refractivity contribution in [3.8, 4) is 0 Å². The zero-order chi connectivity index (χ0) is 22.5. The summed E-state index contributed by atoms with van der Waals surface area (Å²) in [6, 6.07) is 6.29. The fraction of sp³-hybridized carbons (Fsp3) is 0.609. The summed E-state index contributed by atoms with van der Waals surface area (Å²) in [5.74, 6) is -0.873. The maximum atomic E-state index is 11.6. The van der Waals surface area contributed by atoms with Gasteiger partial charge in [0, 0.05) is 12.7 Å². The highest BCUT2D eigenvalue weighted by molar-refractivity contribution is 6.74. The van der Waals surface area contributed by atoms with Crippen LogP contribution in [0.5, 0.6) is 0 Å². The topological polar surface area (TPSA) is 77.2 Å². The first-order chi connectivity index (χ1) is 13.9.